The molecule has 0 aliphatic carbocycles. The number of benzene rings is 2. The van der Waals surface area contributed by atoms with Gasteiger partial charge in [0.05, 0.1) is 24.1 Å². The van der Waals surface area contributed by atoms with E-state index in [0.717, 1.165) is 28.2 Å². The van der Waals surface area contributed by atoms with E-state index in [1.165, 1.54) is 13.2 Å². The average Bonchev–Trinajstić information content (AvgIpc) is 3.02. The van der Waals surface area contributed by atoms with Gasteiger partial charge in [0.2, 0.25) is 15.9 Å². The number of rotatable bonds is 5. The van der Waals surface area contributed by atoms with Crippen LogP contribution in [-0.2, 0) is 21.2 Å². The standard InChI is InChI=1S/C18H19ClN2O4S/c1-25-17-8-7-14(11-15(17)19)21(26(2,23)24)12-18(22)20-10-9-13-5-3-4-6-16(13)20/h3-8,11H,9-10,12H2,1-2H3. The van der Waals surface area contributed by atoms with E-state index < -0.39 is 10.0 Å². The van der Waals surface area contributed by atoms with Crippen LogP contribution in [0.3, 0.4) is 0 Å². The lowest BCUT2D eigenvalue weighted by Gasteiger charge is -2.25. The topological polar surface area (TPSA) is 66.9 Å². The van der Waals surface area contributed by atoms with E-state index in [0.29, 0.717) is 18.0 Å². The first-order valence-corrected chi connectivity index (χ1v) is 10.2. The molecule has 0 atom stereocenters. The van der Waals surface area contributed by atoms with E-state index in [1.54, 1.807) is 17.0 Å². The van der Waals surface area contributed by atoms with Crippen LogP contribution in [-0.4, -0.2) is 40.8 Å². The smallest absolute Gasteiger partial charge is 0.247 e. The minimum atomic E-state index is -3.67. The maximum absolute atomic E-state index is 12.8. The molecule has 0 saturated heterocycles. The van der Waals surface area contributed by atoms with Crippen molar-refractivity contribution >= 4 is 38.9 Å². The normalized spacial score (nSPS) is 13.4. The second kappa shape index (κ2) is 7.17. The molecular formula is C18H19ClN2O4S. The zero-order valence-corrected chi connectivity index (χ0v) is 16.0. The van der Waals surface area contributed by atoms with Gasteiger partial charge in [0.25, 0.3) is 0 Å². The maximum Gasteiger partial charge on any atom is 0.247 e. The molecule has 138 valence electrons. The van der Waals surface area contributed by atoms with Crippen LogP contribution >= 0.6 is 11.6 Å². The number of carbonyl (C=O) groups excluding carboxylic acids is 1. The van der Waals surface area contributed by atoms with Crippen LogP contribution in [0.2, 0.25) is 5.02 Å². The number of hydrogen-bond acceptors (Lipinski definition) is 4. The summed E-state index contributed by atoms with van der Waals surface area (Å²) in [4.78, 5) is 14.4. The van der Waals surface area contributed by atoms with Gasteiger partial charge in [0.1, 0.15) is 12.3 Å². The van der Waals surface area contributed by atoms with E-state index in [-0.39, 0.29) is 17.5 Å². The number of carbonyl (C=O) groups is 1. The van der Waals surface area contributed by atoms with Gasteiger partial charge in [-0.15, -0.1) is 0 Å². The summed E-state index contributed by atoms with van der Waals surface area (Å²) in [6.07, 6.45) is 1.82. The van der Waals surface area contributed by atoms with Crippen molar-refractivity contribution in [2.45, 2.75) is 6.42 Å². The summed E-state index contributed by atoms with van der Waals surface area (Å²) in [7, 11) is -2.19. The molecule has 1 heterocycles. The number of ether oxygens (including phenoxy) is 1. The zero-order valence-electron chi connectivity index (χ0n) is 14.5. The van der Waals surface area contributed by atoms with Gasteiger partial charge in [-0.25, -0.2) is 8.42 Å². The van der Waals surface area contributed by atoms with Gasteiger partial charge in [0, 0.05) is 12.2 Å². The van der Waals surface area contributed by atoms with Gasteiger partial charge in [-0.1, -0.05) is 29.8 Å². The van der Waals surface area contributed by atoms with E-state index in [1.807, 2.05) is 24.3 Å². The highest BCUT2D eigenvalue weighted by Gasteiger charge is 2.28. The van der Waals surface area contributed by atoms with Gasteiger partial charge in [-0.05, 0) is 36.2 Å². The number of hydrogen-bond donors (Lipinski definition) is 0. The van der Waals surface area contributed by atoms with Crippen LogP contribution in [0.1, 0.15) is 5.56 Å². The van der Waals surface area contributed by atoms with Crippen molar-refractivity contribution < 1.29 is 17.9 Å². The number of methoxy groups -OCH3 is 1. The van der Waals surface area contributed by atoms with Crippen molar-refractivity contribution in [3.63, 3.8) is 0 Å². The summed E-state index contributed by atoms with van der Waals surface area (Å²) in [5, 5.41) is 0.276. The third-order valence-corrected chi connectivity index (χ3v) is 5.73. The first-order valence-electron chi connectivity index (χ1n) is 8.01. The molecule has 0 fully saturated rings. The van der Waals surface area contributed by atoms with Crippen molar-refractivity contribution in [3.8, 4) is 5.75 Å². The van der Waals surface area contributed by atoms with Crippen LogP contribution in [0, 0.1) is 0 Å². The minimum absolute atomic E-state index is 0.276. The Morgan fingerprint density at radius 2 is 2.00 bits per heavy atom. The number of sulfonamides is 1. The number of nitrogens with zero attached hydrogens (tertiary/aromatic N) is 2. The Balaban J connectivity index is 1.89. The second-order valence-corrected chi connectivity index (χ2v) is 8.33. The molecule has 1 aliphatic rings. The minimum Gasteiger partial charge on any atom is -0.495 e. The lowest BCUT2D eigenvalue weighted by atomic mass is 10.2. The molecule has 26 heavy (non-hydrogen) atoms. The van der Waals surface area contributed by atoms with Crippen LogP contribution in [0.4, 0.5) is 11.4 Å². The molecule has 0 radical (unpaired) electrons. The summed E-state index contributed by atoms with van der Waals surface area (Å²) in [5.41, 5.74) is 2.23. The highest BCUT2D eigenvalue weighted by atomic mass is 35.5. The average molecular weight is 395 g/mol. The van der Waals surface area contributed by atoms with Crippen LogP contribution in [0.15, 0.2) is 42.5 Å². The summed E-state index contributed by atoms with van der Waals surface area (Å²) in [6, 6.07) is 12.3. The molecule has 1 amide bonds. The Labute approximate surface area is 158 Å². The Morgan fingerprint density at radius 3 is 2.65 bits per heavy atom. The molecule has 8 heteroatoms. The Hall–Kier alpha value is -2.25. The van der Waals surface area contributed by atoms with E-state index in [4.69, 9.17) is 16.3 Å². The maximum atomic E-state index is 12.8. The number of halogens is 1. The van der Waals surface area contributed by atoms with Gasteiger partial charge in [-0.3, -0.25) is 9.10 Å². The van der Waals surface area contributed by atoms with Gasteiger partial charge in [0.15, 0.2) is 0 Å². The first kappa shape index (κ1) is 18.5. The fraction of sp³-hybridized carbons (Fsp3) is 0.278. The Kier molecular flexibility index (Phi) is 5.11. The molecule has 0 unspecified atom stereocenters. The number of amides is 1. The van der Waals surface area contributed by atoms with Gasteiger partial charge in [-0.2, -0.15) is 0 Å². The number of para-hydroxylation sites is 1. The lowest BCUT2D eigenvalue weighted by Crippen LogP contribution is -2.42. The fourth-order valence-corrected chi connectivity index (χ4v) is 4.11. The molecule has 3 rings (SSSR count). The molecule has 0 aromatic heterocycles. The lowest BCUT2D eigenvalue weighted by molar-refractivity contribution is -0.117. The highest BCUT2D eigenvalue weighted by molar-refractivity contribution is 7.92. The SMILES string of the molecule is COc1ccc(N(CC(=O)N2CCc3ccccc32)S(C)(=O)=O)cc1Cl. The molecule has 0 N–H and O–H groups in total. The quantitative estimate of drug-likeness (QED) is 0.782. The fourth-order valence-electron chi connectivity index (χ4n) is 3.02. The number of anilines is 2. The van der Waals surface area contributed by atoms with Gasteiger partial charge < -0.3 is 9.64 Å². The monoisotopic (exact) mass is 394 g/mol. The Morgan fingerprint density at radius 1 is 1.27 bits per heavy atom. The van der Waals surface area contributed by atoms with E-state index >= 15 is 0 Å². The third-order valence-electron chi connectivity index (χ3n) is 4.29. The third kappa shape index (κ3) is 3.64. The summed E-state index contributed by atoms with van der Waals surface area (Å²) in [5.74, 6) is 0.149. The van der Waals surface area contributed by atoms with Crippen molar-refractivity contribution in [1.29, 1.82) is 0 Å². The molecule has 0 bridgehead atoms. The molecule has 1 aliphatic heterocycles. The van der Waals surface area contributed by atoms with E-state index in [2.05, 4.69) is 0 Å². The second-order valence-electron chi connectivity index (χ2n) is 6.01. The highest BCUT2D eigenvalue weighted by Crippen LogP contribution is 2.31. The number of fused-ring (bicyclic) bond motifs is 1. The summed E-state index contributed by atoms with van der Waals surface area (Å²) < 4.78 is 30.7. The van der Waals surface area contributed by atoms with Crippen molar-refractivity contribution in [1.82, 2.24) is 0 Å². The molecular weight excluding hydrogens is 376 g/mol. The van der Waals surface area contributed by atoms with Crippen LogP contribution < -0.4 is 13.9 Å². The molecule has 0 spiro atoms. The van der Waals surface area contributed by atoms with Gasteiger partial charge >= 0.3 is 0 Å². The van der Waals surface area contributed by atoms with Crippen molar-refractivity contribution in [2.75, 3.05) is 35.7 Å². The van der Waals surface area contributed by atoms with Crippen LogP contribution in [0.5, 0.6) is 5.75 Å². The van der Waals surface area contributed by atoms with Crippen LogP contribution in [0.25, 0.3) is 0 Å². The summed E-state index contributed by atoms with van der Waals surface area (Å²) in [6.45, 7) is 0.245. The zero-order chi connectivity index (χ0) is 18.9. The molecule has 6 nitrogen and oxygen atoms in total. The predicted molar refractivity (Wildman–Crippen MR) is 103 cm³/mol. The Bertz CT molecular complexity index is 946. The van der Waals surface area contributed by atoms with E-state index in [9.17, 15) is 13.2 Å². The first-order chi connectivity index (χ1) is 12.3. The van der Waals surface area contributed by atoms with Crippen molar-refractivity contribution in [2.24, 2.45) is 0 Å². The largest absolute Gasteiger partial charge is 0.495 e. The molecule has 2 aromatic carbocycles. The predicted octanol–water partition coefficient (Wildman–Crippen LogP) is 2.70. The molecule has 0 saturated carbocycles. The van der Waals surface area contributed by atoms with Crippen molar-refractivity contribution in [3.05, 3.63) is 53.1 Å². The summed E-state index contributed by atoms with van der Waals surface area (Å²) >= 11 is 6.11. The molecule has 2 aromatic rings.